The average Bonchev–Trinajstić information content (AvgIpc) is 2.53. The number of likely N-dealkylation sites (tertiary alicyclic amines) is 1. The maximum Gasteiger partial charge on any atom is 0.191 e. The molecule has 2 N–H and O–H groups in total. The number of piperidine rings is 1. The largest absolute Gasteiger partial charge is 0.374 e. The van der Waals surface area contributed by atoms with Gasteiger partial charge in [0.1, 0.15) is 0 Å². The molecular weight excluding hydrogens is 399 g/mol. The highest BCUT2D eigenvalue weighted by atomic mass is 127. The Labute approximate surface area is 157 Å². The minimum absolute atomic E-state index is 0. The number of benzene rings is 1. The standard InChI is InChI=1S/C18H28N4.HI/c1-14-7-10-22(11-8-14)18(19)20-13-15-5-6-17-16(12-15)4-3-9-21(17)2;/h5-6,12,14H,3-4,7-11,13H2,1-2H3,(H2,19,20);1H. The molecule has 128 valence electrons. The molecule has 2 aliphatic heterocycles. The maximum atomic E-state index is 6.17. The predicted octanol–water partition coefficient (Wildman–Crippen LogP) is 3.23. The Kier molecular flexibility index (Phi) is 6.56. The summed E-state index contributed by atoms with van der Waals surface area (Å²) >= 11 is 0. The Bertz CT molecular complexity index is 550. The van der Waals surface area contributed by atoms with Gasteiger partial charge in [-0.15, -0.1) is 24.0 Å². The first-order valence-corrected chi connectivity index (χ1v) is 8.51. The van der Waals surface area contributed by atoms with Gasteiger partial charge in [-0.25, -0.2) is 4.99 Å². The summed E-state index contributed by atoms with van der Waals surface area (Å²) in [6, 6.07) is 6.73. The minimum atomic E-state index is 0. The van der Waals surface area contributed by atoms with Crippen molar-refractivity contribution in [3.8, 4) is 0 Å². The van der Waals surface area contributed by atoms with Crippen LogP contribution in [0.3, 0.4) is 0 Å². The number of nitrogens with zero attached hydrogens (tertiary/aromatic N) is 3. The molecule has 3 rings (SSSR count). The first-order chi connectivity index (χ1) is 10.6. The molecule has 1 aromatic carbocycles. The van der Waals surface area contributed by atoms with E-state index in [1.165, 1.54) is 42.5 Å². The number of fused-ring (bicyclic) bond motifs is 1. The van der Waals surface area contributed by atoms with Gasteiger partial charge in [-0.2, -0.15) is 0 Å². The fourth-order valence-electron chi connectivity index (χ4n) is 3.45. The quantitative estimate of drug-likeness (QED) is 0.447. The molecule has 0 saturated carbocycles. The molecule has 2 heterocycles. The highest BCUT2D eigenvalue weighted by Crippen LogP contribution is 2.27. The zero-order valence-electron chi connectivity index (χ0n) is 14.3. The molecule has 23 heavy (non-hydrogen) atoms. The lowest BCUT2D eigenvalue weighted by Gasteiger charge is -2.31. The van der Waals surface area contributed by atoms with Crippen LogP contribution in [0.5, 0.6) is 0 Å². The van der Waals surface area contributed by atoms with Crippen molar-refractivity contribution >= 4 is 35.6 Å². The summed E-state index contributed by atoms with van der Waals surface area (Å²) in [5, 5.41) is 0. The van der Waals surface area contributed by atoms with Crippen molar-refractivity contribution in [2.75, 3.05) is 31.6 Å². The third-order valence-corrected chi connectivity index (χ3v) is 5.03. The number of hydrogen-bond acceptors (Lipinski definition) is 2. The Morgan fingerprint density at radius 3 is 2.74 bits per heavy atom. The van der Waals surface area contributed by atoms with E-state index in [0.717, 1.165) is 25.6 Å². The number of anilines is 1. The Morgan fingerprint density at radius 1 is 1.26 bits per heavy atom. The van der Waals surface area contributed by atoms with Gasteiger partial charge in [0.15, 0.2) is 5.96 Å². The predicted molar refractivity (Wildman–Crippen MR) is 109 cm³/mol. The molecule has 0 spiro atoms. The molecule has 0 radical (unpaired) electrons. The van der Waals surface area contributed by atoms with Gasteiger partial charge >= 0.3 is 0 Å². The topological polar surface area (TPSA) is 44.9 Å². The van der Waals surface area contributed by atoms with Crippen LogP contribution in [0.15, 0.2) is 23.2 Å². The van der Waals surface area contributed by atoms with Gasteiger partial charge in [0, 0.05) is 32.4 Å². The number of hydrogen-bond donors (Lipinski definition) is 1. The van der Waals surface area contributed by atoms with E-state index in [-0.39, 0.29) is 24.0 Å². The van der Waals surface area contributed by atoms with Gasteiger partial charge < -0.3 is 15.5 Å². The van der Waals surface area contributed by atoms with Crippen LogP contribution in [-0.4, -0.2) is 37.5 Å². The van der Waals surface area contributed by atoms with Gasteiger partial charge in [0.05, 0.1) is 6.54 Å². The van der Waals surface area contributed by atoms with E-state index in [1.54, 1.807) is 0 Å². The third kappa shape index (κ3) is 4.52. The molecular formula is C18H29IN4. The molecule has 1 aromatic rings. The number of nitrogens with two attached hydrogens (primary N) is 1. The Balaban J connectivity index is 0.00000192. The van der Waals surface area contributed by atoms with Crippen LogP contribution in [0.4, 0.5) is 5.69 Å². The fraction of sp³-hybridized carbons (Fsp3) is 0.611. The highest BCUT2D eigenvalue weighted by molar-refractivity contribution is 14.0. The summed E-state index contributed by atoms with van der Waals surface area (Å²) in [4.78, 5) is 9.19. The first kappa shape index (κ1) is 18.4. The van der Waals surface area contributed by atoms with Gasteiger partial charge in [0.2, 0.25) is 0 Å². The van der Waals surface area contributed by atoms with Crippen LogP contribution in [0.25, 0.3) is 0 Å². The molecule has 0 amide bonds. The van der Waals surface area contributed by atoms with Crippen LogP contribution < -0.4 is 10.6 Å². The van der Waals surface area contributed by atoms with Crippen LogP contribution >= 0.6 is 24.0 Å². The fourth-order valence-corrected chi connectivity index (χ4v) is 3.45. The van der Waals surface area contributed by atoms with Crippen molar-refractivity contribution in [3.63, 3.8) is 0 Å². The molecule has 0 aliphatic carbocycles. The number of aliphatic imine (C=N–C) groups is 1. The second kappa shape index (κ2) is 8.22. The Hall–Kier alpha value is -0.980. The van der Waals surface area contributed by atoms with E-state index in [1.807, 2.05) is 0 Å². The van der Waals surface area contributed by atoms with Gasteiger partial charge in [-0.3, -0.25) is 0 Å². The smallest absolute Gasteiger partial charge is 0.191 e. The summed E-state index contributed by atoms with van der Waals surface area (Å²) in [5.41, 5.74) is 10.3. The minimum Gasteiger partial charge on any atom is -0.374 e. The maximum absolute atomic E-state index is 6.17. The molecule has 0 bridgehead atoms. The molecule has 0 unspecified atom stereocenters. The number of rotatable bonds is 2. The third-order valence-electron chi connectivity index (χ3n) is 5.03. The lowest BCUT2D eigenvalue weighted by molar-refractivity contribution is 0.277. The normalized spacial score (nSPS) is 19.3. The van der Waals surface area contributed by atoms with Crippen LogP contribution in [0.2, 0.25) is 0 Å². The second-order valence-corrected chi connectivity index (χ2v) is 6.83. The average molecular weight is 428 g/mol. The SMILES string of the molecule is CC1CCN(C(N)=NCc2ccc3c(c2)CCCN3C)CC1.I. The van der Waals surface area contributed by atoms with Crippen LogP contribution in [0.1, 0.15) is 37.3 Å². The second-order valence-electron chi connectivity index (χ2n) is 6.83. The molecule has 1 saturated heterocycles. The van der Waals surface area contributed by atoms with Crippen molar-refractivity contribution < 1.29 is 0 Å². The first-order valence-electron chi connectivity index (χ1n) is 8.51. The van der Waals surface area contributed by atoms with E-state index in [9.17, 15) is 0 Å². The molecule has 4 nitrogen and oxygen atoms in total. The molecule has 0 aromatic heterocycles. The lowest BCUT2D eigenvalue weighted by Crippen LogP contribution is -2.42. The van der Waals surface area contributed by atoms with Crippen molar-refractivity contribution in [1.82, 2.24) is 4.90 Å². The van der Waals surface area contributed by atoms with Crippen LogP contribution in [-0.2, 0) is 13.0 Å². The van der Waals surface area contributed by atoms with Gasteiger partial charge in [-0.05, 0) is 48.8 Å². The summed E-state index contributed by atoms with van der Waals surface area (Å²) in [6.45, 7) is 6.26. The molecule has 2 aliphatic rings. The number of aryl methyl sites for hydroxylation is 1. The molecule has 1 fully saturated rings. The van der Waals surface area contributed by atoms with Gasteiger partial charge in [0.25, 0.3) is 0 Å². The lowest BCUT2D eigenvalue weighted by atomic mass is 9.99. The highest BCUT2D eigenvalue weighted by Gasteiger charge is 2.17. The van der Waals surface area contributed by atoms with E-state index < -0.39 is 0 Å². The van der Waals surface area contributed by atoms with E-state index in [2.05, 4.69) is 47.0 Å². The molecule has 5 heteroatoms. The zero-order valence-corrected chi connectivity index (χ0v) is 16.6. The van der Waals surface area contributed by atoms with Crippen LogP contribution in [0, 0.1) is 5.92 Å². The monoisotopic (exact) mass is 428 g/mol. The summed E-state index contributed by atoms with van der Waals surface area (Å²) in [7, 11) is 2.17. The van der Waals surface area contributed by atoms with E-state index in [0.29, 0.717) is 12.5 Å². The van der Waals surface area contributed by atoms with Gasteiger partial charge in [-0.1, -0.05) is 19.1 Å². The van der Waals surface area contributed by atoms with Crippen molar-refractivity contribution in [1.29, 1.82) is 0 Å². The van der Waals surface area contributed by atoms with E-state index in [4.69, 9.17) is 5.73 Å². The molecule has 0 atom stereocenters. The van der Waals surface area contributed by atoms with Crippen molar-refractivity contribution in [3.05, 3.63) is 29.3 Å². The number of halogens is 1. The Morgan fingerprint density at radius 2 is 2.00 bits per heavy atom. The van der Waals surface area contributed by atoms with Crippen molar-refractivity contribution in [2.24, 2.45) is 16.6 Å². The zero-order chi connectivity index (χ0) is 15.5. The summed E-state index contributed by atoms with van der Waals surface area (Å²) in [6.07, 6.45) is 4.86. The number of guanidine groups is 1. The van der Waals surface area contributed by atoms with E-state index >= 15 is 0 Å². The summed E-state index contributed by atoms with van der Waals surface area (Å²) < 4.78 is 0. The summed E-state index contributed by atoms with van der Waals surface area (Å²) in [5.74, 6) is 1.53. The van der Waals surface area contributed by atoms with Crippen molar-refractivity contribution in [2.45, 2.75) is 39.2 Å².